The zero-order chi connectivity index (χ0) is 19.2. The molecule has 0 atom stereocenters. The van der Waals surface area contributed by atoms with E-state index in [1.165, 1.54) is 0 Å². The first-order valence-corrected chi connectivity index (χ1v) is 9.37. The Morgan fingerprint density at radius 2 is 1.85 bits per heavy atom. The molecule has 0 bridgehead atoms. The van der Waals surface area contributed by atoms with Crippen molar-refractivity contribution in [2.45, 2.75) is 32.2 Å². The van der Waals surface area contributed by atoms with Gasteiger partial charge in [0.25, 0.3) is 0 Å². The Hall–Kier alpha value is -2.86. The largest absolute Gasteiger partial charge is 0.508 e. The smallest absolute Gasteiger partial charge is 0.228 e. The first-order chi connectivity index (χ1) is 13.1. The third-order valence-electron chi connectivity index (χ3n) is 4.81. The highest BCUT2D eigenvalue weighted by molar-refractivity contribution is 6.09. The van der Waals surface area contributed by atoms with Crippen molar-refractivity contribution in [1.82, 2.24) is 10.2 Å². The second-order valence-corrected chi connectivity index (χ2v) is 6.66. The van der Waals surface area contributed by atoms with Gasteiger partial charge in [-0.25, -0.2) is 0 Å². The standard InChI is InChI=1S/C21H26N4O2/c1-2-20(27)25(16-11-13-23-14-12-16)21(22)18-5-3-4-6-19(18)24-15-7-9-17(26)10-8-15/h3-10,16,22-24,26H,2,11-14H2,1H3. The minimum absolute atomic E-state index is 0.0219. The van der Waals surface area contributed by atoms with Gasteiger partial charge in [0.2, 0.25) is 5.91 Å². The highest BCUT2D eigenvalue weighted by Crippen LogP contribution is 2.25. The second-order valence-electron chi connectivity index (χ2n) is 6.66. The van der Waals surface area contributed by atoms with E-state index in [2.05, 4.69) is 10.6 Å². The molecule has 1 amide bonds. The first-order valence-electron chi connectivity index (χ1n) is 9.37. The average Bonchev–Trinajstić information content (AvgIpc) is 2.71. The monoisotopic (exact) mass is 366 g/mol. The molecule has 1 aliphatic rings. The maximum Gasteiger partial charge on any atom is 0.228 e. The van der Waals surface area contributed by atoms with E-state index in [0.29, 0.717) is 12.0 Å². The van der Waals surface area contributed by atoms with Crippen LogP contribution in [-0.4, -0.2) is 40.9 Å². The lowest BCUT2D eigenvalue weighted by Crippen LogP contribution is -2.49. The summed E-state index contributed by atoms with van der Waals surface area (Å²) in [5.74, 6) is 0.411. The van der Waals surface area contributed by atoms with Gasteiger partial charge in [0.1, 0.15) is 11.6 Å². The number of phenolic OH excluding ortho intramolecular Hbond substituents is 1. The van der Waals surface area contributed by atoms with Crippen molar-refractivity contribution in [1.29, 1.82) is 5.41 Å². The lowest BCUT2D eigenvalue weighted by Gasteiger charge is -2.35. The molecule has 1 fully saturated rings. The number of benzene rings is 2. The average molecular weight is 366 g/mol. The van der Waals surface area contributed by atoms with Crippen LogP contribution in [0.15, 0.2) is 48.5 Å². The highest BCUT2D eigenvalue weighted by atomic mass is 16.3. The van der Waals surface area contributed by atoms with Crippen molar-refractivity contribution < 1.29 is 9.90 Å². The molecular formula is C21H26N4O2. The van der Waals surface area contributed by atoms with Gasteiger partial charge in [-0.1, -0.05) is 19.1 Å². The zero-order valence-electron chi connectivity index (χ0n) is 15.5. The molecule has 1 heterocycles. The molecule has 3 rings (SSSR count). The van der Waals surface area contributed by atoms with Gasteiger partial charge in [0.15, 0.2) is 0 Å². The summed E-state index contributed by atoms with van der Waals surface area (Å²) in [7, 11) is 0. The Labute approximate surface area is 159 Å². The van der Waals surface area contributed by atoms with Gasteiger partial charge in [-0.05, 0) is 62.3 Å². The molecule has 0 spiro atoms. The molecular weight excluding hydrogens is 340 g/mol. The van der Waals surface area contributed by atoms with Gasteiger partial charge in [-0.15, -0.1) is 0 Å². The van der Waals surface area contributed by atoms with Gasteiger partial charge in [-0.2, -0.15) is 0 Å². The van der Waals surface area contributed by atoms with Crippen LogP contribution in [0, 0.1) is 5.41 Å². The molecule has 0 aromatic heterocycles. The Bertz CT molecular complexity index is 798. The Balaban J connectivity index is 1.89. The van der Waals surface area contributed by atoms with Crippen LogP contribution in [0.5, 0.6) is 5.75 Å². The van der Waals surface area contributed by atoms with Crippen molar-refractivity contribution in [3.8, 4) is 5.75 Å². The SMILES string of the molecule is CCC(=O)N(C(=N)c1ccccc1Nc1ccc(O)cc1)C1CCNCC1. The number of amides is 1. The number of anilines is 2. The maximum absolute atomic E-state index is 12.6. The van der Waals surface area contributed by atoms with Crippen molar-refractivity contribution >= 4 is 23.1 Å². The fourth-order valence-electron chi connectivity index (χ4n) is 3.37. The molecule has 4 N–H and O–H groups in total. The summed E-state index contributed by atoms with van der Waals surface area (Å²) in [4.78, 5) is 14.3. The van der Waals surface area contributed by atoms with E-state index < -0.39 is 0 Å². The third-order valence-corrected chi connectivity index (χ3v) is 4.81. The molecule has 1 aliphatic heterocycles. The van der Waals surface area contributed by atoms with Crippen LogP contribution >= 0.6 is 0 Å². The summed E-state index contributed by atoms with van der Waals surface area (Å²) in [6, 6.07) is 14.4. The maximum atomic E-state index is 12.6. The predicted octanol–water partition coefficient (Wildman–Crippen LogP) is 3.45. The number of nitrogens with one attached hydrogen (secondary N) is 3. The quantitative estimate of drug-likeness (QED) is 0.371. The van der Waals surface area contributed by atoms with Crippen LogP contribution in [0.25, 0.3) is 0 Å². The number of para-hydroxylation sites is 1. The van der Waals surface area contributed by atoms with Crippen LogP contribution in [0.3, 0.4) is 0 Å². The summed E-state index contributed by atoms with van der Waals surface area (Å²) in [5.41, 5.74) is 2.25. The third kappa shape index (κ3) is 4.46. The second kappa shape index (κ2) is 8.68. The minimum Gasteiger partial charge on any atom is -0.508 e. The van der Waals surface area contributed by atoms with E-state index in [0.717, 1.165) is 37.3 Å². The number of amidine groups is 1. The number of rotatable bonds is 5. The Kier molecular flexibility index (Phi) is 6.08. The van der Waals surface area contributed by atoms with E-state index >= 15 is 0 Å². The highest BCUT2D eigenvalue weighted by Gasteiger charge is 2.29. The lowest BCUT2D eigenvalue weighted by molar-refractivity contribution is -0.129. The summed E-state index contributed by atoms with van der Waals surface area (Å²) >= 11 is 0. The van der Waals surface area contributed by atoms with Crippen molar-refractivity contribution in [3.05, 3.63) is 54.1 Å². The Morgan fingerprint density at radius 3 is 2.52 bits per heavy atom. The van der Waals surface area contributed by atoms with Crippen LogP contribution in [-0.2, 0) is 4.79 Å². The predicted molar refractivity (Wildman–Crippen MR) is 108 cm³/mol. The van der Waals surface area contributed by atoms with Gasteiger partial charge in [0, 0.05) is 29.4 Å². The number of piperidine rings is 1. The first kappa shape index (κ1) is 18.9. The molecule has 6 nitrogen and oxygen atoms in total. The van der Waals surface area contributed by atoms with E-state index in [1.807, 2.05) is 31.2 Å². The van der Waals surface area contributed by atoms with E-state index in [1.54, 1.807) is 29.2 Å². The molecule has 0 unspecified atom stereocenters. The van der Waals surface area contributed by atoms with E-state index in [4.69, 9.17) is 5.41 Å². The molecule has 1 saturated heterocycles. The Morgan fingerprint density at radius 1 is 1.19 bits per heavy atom. The molecule has 0 radical (unpaired) electrons. The number of nitrogens with zero attached hydrogens (tertiary/aromatic N) is 1. The number of carbonyl (C=O) groups is 1. The van der Waals surface area contributed by atoms with Crippen LogP contribution in [0.2, 0.25) is 0 Å². The van der Waals surface area contributed by atoms with Gasteiger partial charge < -0.3 is 15.7 Å². The molecule has 2 aromatic rings. The molecule has 27 heavy (non-hydrogen) atoms. The fraction of sp³-hybridized carbons (Fsp3) is 0.333. The zero-order valence-corrected chi connectivity index (χ0v) is 15.5. The number of hydrogen-bond acceptors (Lipinski definition) is 5. The normalized spacial score (nSPS) is 14.6. The van der Waals surface area contributed by atoms with E-state index in [9.17, 15) is 9.90 Å². The van der Waals surface area contributed by atoms with Gasteiger partial charge in [-0.3, -0.25) is 15.1 Å². The number of phenols is 1. The summed E-state index contributed by atoms with van der Waals surface area (Å²) in [6.07, 6.45) is 2.07. The van der Waals surface area contributed by atoms with E-state index in [-0.39, 0.29) is 23.5 Å². The summed E-state index contributed by atoms with van der Waals surface area (Å²) < 4.78 is 0. The van der Waals surface area contributed by atoms with Crippen molar-refractivity contribution in [2.75, 3.05) is 18.4 Å². The van der Waals surface area contributed by atoms with Gasteiger partial charge in [0.05, 0.1) is 0 Å². The number of carbonyl (C=O) groups excluding carboxylic acids is 1. The molecule has 6 heteroatoms. The molecule has 142 valence electrons. The molecule has 0 saturated carbocycles. The topological polar surface area (TPSA) is 88.5 Å². The fourth-order valence-corrected chi connectivity index (χ4v) is 3.37. The summed E-state index contributed by atoms with van der Waals surface area (Å²) in [6.45, 7) is 3.56. The van der Waals surface area contributed by atoms with Gasteiger partial charge >= 0.3 is 0 Å². The minimum atomic E-state index is -0.0219. The lowest BCUT2D eigenvalue weighted by atomic mass is 10.0. The summed E-state index contributed by atoms with van der Waals surface area (Å²) in [5, 5.41) is 24.9. The number of aromatic hydroxyl groups is 1. The van der Waals surface area contributed by atoms with Crippen LogP contribution in [0.4, 0.5) is 11.4 Å². The van der Waals surface area contributed by atoms with Crippen molar-refractivity contribution in [2.24, 2.45) is 0 Å². The van der Waals surface area contributed by atoms with Crippen LogP contribution < -0.4 is 10.6 Å². The van der Waals surface area contributed by atoms with Crippen molar-refractivity contribution in [3.63, 3.8) is 0 Å². The van der Waals surface area contributed by atoms with Crippen LogP contribution in [0.1, 0.15) is 31.7 Å². The molecule has 2 aromatic carbocycles. The molecule has 0 aliphatic carbocycles. The number of hydrogen-bond donors (Lipinski definition) is 4.